The Hall–Kier alpha value is -0.810. The number of rotatable bonds is 2. The van der Waals surface area contributed by atoms with Gasteiger partial charge in [-0.1, -0.05) is 0 Å². The van der Waals surface area contributed by atoms with Crippen molar-refractivity contribution in [2.24, 2.45) is 5.92 Å². The highest BCUT2D eigenvalue weighted by Gasteiger charge is 2.37. The smallest absolute Gasteiger partial charge is 0.225 e. The monoisotopic (exact) mass is 289 g/mol. The van der Waals surface area contributed by atoms with Gasteiger partial charge in [0.05, 0.1) is 12.0 Å². The van der Waals surface area contributed by atoms with Crippen LogP contribution in [0.4, 0.5) is 0 Å². The Morgan fingerprint density at radius 1 is 1.42 bits per heavy atom. The van der Waals surface area contributed by atoms with Gasteiger partial charge in [0.2, 0.25) is 11.8 Å². The summed E-state index contributed by atoms with van der Waals surface area (Å²) >= 11 is 0. The summed E-state index contributed by atoms with van der Waals surface area (Å²) in [4.78, 5) is 25.7. The highest BCUT2D eigenvalue weighted by Crippen LogP contribution is 2.22. The molecule has 2 N–H and O–H groups in total. The zero-order valence-corrected chi connectivity index (χ0v) is 12.7. The Labute approximate surface area is 120 Å². The third-order valence-corrected chi connectivity index (χ3v) is 3.71. The van der Waals surface area contributed by atoms with Crippen LogP contribution in [0.2, 0.25) is 0 Å². The molecule has 2 aliphatic heterocycles. The first-order valence-electron chi connectivity index (χ1n) is 6.69. The first kappa shape index (κ1) is 16.2. The summed E-state index contributed by atoms with van der Waals surface area (Å²) in [6.07, 6.45) is 1.33. The van der Waals surface area contributed by atoms with Gasteiger partial charge in [-0.15, -0.1) is 12.4 Å². The van der Waals surface area contributed by atoms with Crippen molar-refractivity contribution < 1.29 is 9.59 Å². The molecule has 0 bridgehead atoms. The third-order valence-electron chi connectivity index (χ3n) is 3.71. The molecule has 19 heavy (non-hydrogen) atoms. The van der Waals surface area contributed by atoms with E-state index in [-0.39, 0.29) is 41.7 Å². The molecule has 0 aromatic rings. The van der Waals surface area contributed by atoms with E-state index in [2.05, 4.69) is 10.6 Å². The maximum Gasteiger partial charge on any atom is 0.225 e. The van der Waals surface area contributed by atoms with Crippen LogP contribution in [0.1, 0.15) is 33.6 Å². The summed E-state index contributed by atoms with van der Waals surface area (Å²) < 4.78 is 0. The average molecular weight is 290 g/mol. The molecule has 2 fully saturated rings. The molecule has 0 aromatic carbocycles. The van der Waals surface area contributed by atoms with Gasteiger partial charge in [0.15, 0.2) is 0 Å². The van der Waals surface area contributed by atoms with Gasteiger partial charge in [-0.05, 0) is 33.7 Å². The summed E-state index contributed by atoms with van der Waals surface area (Å²) in [5.74, 6) is 0.301. The maximum absolute atomic E-state index is 12.0. The number of nitrogens with zero attached hydrogens (tertiary/aromatic N) is 1. The predicted molar refractivity (Wildman–Crippen MR) is 76.2 cm³/mol. The Bertz CT molecular complexity index is 348. The van der Waals surface area contributed by atoms with Gasteiger partial charge in [0, 0.05) is 25.0 Å². The van der Waals surface area contributed by atoms with E-state index in [1.165, 1.54) is 0 Å². The summed E-state index contributed by atoms with van der Waals surface area (Å²) in [7, 11) is 0. The largest absolute Gasteiger partial charge is 0.351 e. The molecule has 5 nitrogen and oxygen atoms in total. The Morgan fingerprint density at radius 2 is 2.11 bits per heavy atom. The van der Waals surface area contributed by atoms with E-state index in [1.54, 1.807) is 0 Å². The molecule has 0 saturated carbocycles. The first-order chi connectivity index (χ1) is 8.38. The molecule has 6 heteroatoms. The number of hydrogen-bond acceptors (Lipinski definition) is 3. The first-order valence-corrected chi connectivity index (χ1v) is 6.69. The van der Waals surface area contributed by atoms with Crippen molar-refractivity contribution in [1.29, 1.82) is 0 Å². The van der Waals surface area contributed by atoms with E-state index in [0.29, 0.717) is 13.0 Å². The van der Waals surface area contributed by atoms with Crippen LogP contribution in [0.5, 0.6) is 0 Å². The van der Waals surface area contributed by atoms with Crippen molar-refractivity contribution in [2.75, 3.05) is 19.6 Å². The molecule has 0 radical (unpaired) electrons. The number of nitrogens with one attached hydrogen (secondary N) is 2. The van der Waals surface area contributed by atoms with Crippen molar-refractivity contribution >= 4 is 24.2 Å². The summed E-state index contributed by atoms with van der Waals surface area (Å²) in [5.41, 5.74) is -0.161. The van der Waals surface area contributed by atoms with Crippen molar-refractivity contribution in [3.05, 3.63) is 0 Å². The fraction of sp³-hybridized carbons (Fsp3) is 0.846. The molecule has 2 aliphatic rings. The van der Waals surface area contributed by atoms with Gasteiger partial charge in [-0.3, -0.25) is 9.59 Å². The second-order valence-electron chi connectivity index (χ2n) is 6.27. The van der Waals surface area contributed by atoms with Crippen LogP contribution < -0.4 is 10.6 Å². The maximum atomic E-state index is 12.0. The molecule has 2 atom stereocenters. The summed E-state index contributed by atoms with van der Waals surface area (Å²) in [5, 5.41) is 6.19. The van der Waals surface area contributed by atoms with Gasteiger partial charge in [-0.25, -0.2) is 0 Å². The molecule has 0 aliphatic carbocycles. The van der Waals surface area contributed by atoms with Crippen molar-refractivity contribution in [3.8, 4) is 0 Å². The normalized spacial score (nSPS) is 27.3. The molecule has 2 saturated heterocycles. The van der Waals surface area contributed by atoms with Crippen LogP contribution in [0.3, 0.4) is 0 Å². The number of hydrogen-bond donors (Lipinski definition) is 2. The minimum atomic E-state index is -0.161. The van der Waals surface area contributed by atoms with Crippen LogP contribution >= 0.6 is 12.4 Å². The van der Waals surface area contributed by atoms with Gasteiger partial charge >= 0.3 is 0 Å². The van der Waals surface area contributed by atoms with Crippen LogP contribution in [0.15, 0.2) is 0 Å². The SMILES string of the molecule is CC(C)(C)N1CC(NC(=O)C2CCNC2)CC1=O.Cl. The summed E-state index contributed by atoms with van der Waals surface area (Å²) in [6.45, 7) is 8.38. The predicted octanol–water partition coefficient (Wildman–Crippen LogP) is 0.533. The lowest BCUT2D eigenvalue weighted by Crippen LogP contribution is -2.45. The molecule has 110 valence electrons. The number of carbonyl (C=O) groups excluding carboxylic acids is 2. The van der Waals surface area contributed by atoms with Crippen molar-refractivity contribution in [2.45, 2.75) is 45.2 Å². The zero-order valence-electron chi connectivity index (χ0n) is 11.9. The molecule has 2 unspecified atom stereocenters. The number of likely N-dealkylation sites (tertiary alicyclic amines) is 1. The average Bonchev–Trinajstić information content (AvgIpc) is 2.85. The quantitative estimate of drug-likeness (QED) is 0.780. The lowest BCUT2D eigenvalue weighted by Gasteiger charge is -2.32. The van der Waals surface area contributed by atoms with E-state index in [0.717, 1.165) is 19.5 Å². The van der Waals surface area contributed by atoms with Gasteiger partial charge in [-0.2, -0.15) is 0 Å². The second kappa shape index (κ2) is 6.09. The van der Waals surface area contributed by atoms with Gasteiger partial charge < -0.3 is 15.5 Å². The van der Waals surface area contributed by atoms with Crippen molar-refractivity contribution in [3.63, 3.8) is 0 Å². The number of carbonyl (C=O) groups is 2. The molecular weight excluding hydrogens is 266 g/mol. The molecule has 2 rings (SSSR count). The molecular formula is C13H24ClN3O2. The lowest BCUT2D eigenvalue weighted by molar-refractivity contribution is -0.131. The minimum absolute atomic E-state index is 0. The Kier molecular flexibility index (Phi) is 5.21. The third kappa shape index (κ3) is 3.83. The van der Waals surface area contributed by atoms with E-state index in [9.17, 15) is 9.59 Å². The van der Waals surface area contributed by atoms with E-state index < -0.39 is 0 Å². The number of amides is 2. The van der Waals surface area contributed by atoms with Gasteiger partial charge in [0.25, 0.3) is 0 Å². The van der Waals surface area contributed by atoms with Crippen LogP contribution in [0, 0.1) is 5.92 Å². The van der Waals surface area contributed by atoms with E-state index in [4.69, 9.17) is 0 Å². The highest BCUT2D eigenvalue weighted by atomic mass is 35.5. The Balaban J connectivity index is 0.00000180. The van der Waals surface area contributed by atoms with E-state index in [1.807, 2.05) is 25.7 Å². The van der Waals surface area contributed by atoms with Crippen molar-refractivity contribution in [1.82, 2.24) is 15.5 Å². The van der Waals surface area contributed by atoms with Crippen LogP contribution in [-0.4, -0.2) is 47.9 Å². The van der Waals surface area contributed by atoms with Crippen LogP contribution in [0.25, 0.3) is 0 Å². The summed E-state index contributed by atoms with van der Waals surface area (Å²) in [6, 6.07) is -0.0233. The fourth-order valence-corrected chi connectivity index (χ4v) is 2.65. The minimum Gasteiger partial charge on any atom is -0.351 e. The standard InChI is InChI=1S/C13H23N3O2.ClH/c1-13(2,3)16-8-10(6-11(16)17)15-12(18)9-4-5-14-7-9;/h9-10,14H,4-8H2,1-3H3,(H,15,18);1H. The lowest BCUT2D eigenvalue weighted by atomic mass is 10.1. The van der Waals surface area contributed by atoms with Gasteiger partial charge in [0.1, 0.15) is 0 Å². The highest BCUT2D eigenvalue weighted by molar-refractivity contribution is 5.85. The topological polar surface area (TPSA) is 61.4 Å². The molecule has 0 spiro atoms. The number of halogens is 1. The van der Waals surface area contributed by atoms with Crippen LogP contribution in [-0.2, 0) is 9.59 Å². The Morgan fingerprint density at radius 3 is 2.58 bits per heavy atom. The molecule has 0 aromatic heterocycles. The zero-order chi connectivity index (χ0) is 13.3. The van der Waals surface area contributed by atoms with E-state index >= 15 is 0 Å². The second-order valence-corrected chi connectivity index (χ2v) is 6.27. The molecule has 2 amide bonds. The fourth-order valence-electron chi connectivity index (χ4n) is 2.65. The molecule has 2 heterocycles.